The van der Waals surface area contributed by atoms with Gasteiger partial charge in [0, 0.05) is 50.7 Å². The number of nitrogens with two attached hydrogens (primary N) is 3. The zero-order valence-corrected chi connectivity index (χ0v) is 40.6. The number of nitrogens with zero attached hydrogens (tertiary/aromatic N) is 3. The molecule has 3 saturated heterocycles. The Balaban J connectivity index is 1.50. The number of unbranched alkanes of at least 4 members (excludes halogenated alkanes) is 1. The van der Waals surface area contributed by atoms with Crippen LogP contribution < -0.4 is 54.4 Å². The molecule has 25 nitrogen and oxygen atoms in total. The number of benzene rings is 1. The van der Waals surface area contributed by atoms with Gasteiger partial charge >= 0.3 is 0 Å². The summed E-state index contributed by atoms with van der Waals surface area (Å²) in [5.41, 5.74) is 17.8. The van der Waals surface area contributed by atoms with E-state index < -0.39 is 126 Å². The molecule has 0 unspecified atom stereocenters. The molecule has 0 radical (unpaired) electrons. The summed E-state index contributed by atoms with van der Waals surface area (Å²) >= 11 is 0. The van der Waals surface area contributed by atoms with Gasteiger partial charge in [-0.05, 0) is 83.7 Å². The second kappa shape index (κ2) is 26.7. The molecule has 25 heteroatoms. The van der Waals surface area contributed by atoms with Gasteiger partial charge in [0.2, 0.25) is 65.0 Å². The minimum atomic E-state index is -1.47. The van der Waals surface area contributed by atoms with E-state index in [1.54, 1.807) is 30.3 Å². The summed E-state index contributed by atoms with van der Waals surface area (Å²) in [5, 5.41) is 18.3. The van der Waals surface area contributed by atoms with Crippen molar-refractivity contribution in [2.45, 2.75) is 152 Å². The van der Waals surface area contributed by atoms with E-state index in [9.17, 15) is 52.7 Å². The van der Waals surface area contributed by atoms with E-state index in [4.69, 9.17) is 17.2 Å². The maximum atomic E-state index is 14.6. The van der Waals surface area contributed by atoms with Crippen molar-refractivity contribution in [1.29, 1.82) is 0 Å². The topological polar surface area (TPSA) is 385 Å². The number of aromatic nitrogens is 2. The van der Waals surface area contributed by atoms with Crippen LogP contribution in [-0.2, 0) is 65.6 Å². The highest BCUT2D eigenvalue weighted by Gasteiger charge is 2.42. The zero-order chi connectivity index (χ0) is 52.5. The lowest BCUT2D eigenvalue weighted by Gasteiger charge is -2.32. The molecule has 2 aromatic rings. The molecular formula is C47H68N14O11. The predicted octanol–water partition coefficient (Wildman–Crippen LogP) is -3.72. The van der Waals surface area contributed by atoms with Crippen LogP contribution in [0.3, 0.4) is 0 Å². The monoisotopic (exact) mass is 1000 g/mol. The number of hydrogen-bond donors (Lipinski definition) is 11. The Hall–Kier alpha value is -7.44. The molecule has 14 N–H and O–H groups in total. The number of carbonyl (C=O) groups is 11. The Morgan fingerprint density at radius 2 is 1.29 bits per heavy atom. The molecule has 11 amide bonds. The number of primary amides is 2. The highest BCUT2D eigenvalue weighted by molar-refractivity contribution is 5.99. The highest BCUT2D eigenvalue weighted by atomic mass is 16.2. The number of H-pyrrole nitrogens is 1. The van der Waals surface area contributed by atoms with Crippen LogP contribution in [0.2, 0.25) is 0 Å². The molecule has 3 aliphatic heterocycles. The molecule has 0 saturated carbocycles. The average Bonchev–Trinajstić information content (AvgIpc) is 4.16. The highest BCUT2D eigenvalue weighted by Crippen LogP contribution is 2.22. The number of rotatable bonds is 14. The molecule has 3 fully saturated rings. The fraction of sp³-hybridized carbons (Fsp3) is 0.574. The van der Waals surface area contributed by atoms with E-state index in [-0.39, 0.29) is 64.5 Å². The molecule has 5 rings (SSSR count). The molecule has 72 heavy (non-hydrogen) atoms. The van der Waals surface area contributed by atoms with E-state index in [1.807, 2.05) is 0 Å². The molecular weight excluding hydrogens is 937 g/mol. The maximum absolute atomic E-state index is 14.6. The van der Waals surface area contributed by atoms with Gasteiger partial charge < -0.3 is 69.2 Å². The average molecular weight is 1010 g/mol. The molecule has 392 valence electrons. The fourth-order valence-corrected chi connectivity index (χ4v) is 8.91. The first kappa shape index (κ1) is 55.5. The van der Waals surface area contributed by atoms with Crippen LogP contribution in [-0.4, -0.2) is 159 Å². The van der Waals surface area contributed by atoms with Crippen LogP contribution >= 0.6 is 0 Å². The Bertz CT molecular complexity index is 2280. The van der Waals surface area contributed by atoms with Crippen LogP contribution in [0.25, 0.3) is 0 Å². The summed E-state index contributed by atoms with van der Waals surface area (Å²) in [6, 6.07) is -2.78. The van der Waals surface area contributed by atoms with Gasteiger partial charge in [0.25, 0.3) is 0 Å². The van der Waals surface area contributed by atoms with Gasteiger partial charge in [0.1, 0.15) is 54.4 Å². The SMILES string of the molecule is C[C@@H]1NC(=O)CC[C@@H](C(=O)N[C@@H](CCCCN)C(N)=O)NC(=O)[C@H](C)NC(=O)[C@@H]2CCCN2C(=O)[C@H](Cc2ccccc2)NC(=O)[C@H](CCC(N)=O)NC(=O)[C@@H]2CCCN2C(=O)[C@H](Cc2cnc[nH]2)NC1=O. The minimum absolute atomic E-state index is 0.0520. The van der Waals surface area contributed by atoms with Crippen molar-refractivity contribution in [2.24, 2.45) is 17.2 Å². The number of fused-ring (bicyclic) bond motifs is 2. The van der Waals surface area contributed by atoms with Crippen molar-refractivity contribution in [2.75, 3.05) is 19.6 Å². The first-order valence-corrected chi connectivity index (χ1v) is 24.4. The van der Waals surface area contributed by atoms with Crippen LogP contribution in [0.4, 0.5) is 0 Å². The van der Waals surface area contributed by atoms with E-state index >= 15 is 0 Å². The fourth-order valence-electron chi connectivity index (χ4n) is 8.91. The van der Waals surface area contributed by atoms with Gasteiger partial charge in [0.15, 0.2) is 0 Å². The van der Waals surface area contributed by atoms with Crippen LogP contribution in [0, 0.1) is 0 Å². The molecule has 0 bridgehead atoms. The largest absolute Gasteiger partial charge is 0.370 e. The second-order valence-electron chi connectivity index (χ2n) is 18.4. The standard InChI is InChI=1S/C47H68N14O11/c1-26-40(65)58-34(23-29-24-51-25-52-29)47(72)61-21-9-14-36(61)45(70)57-31(15-17-37(49)62)43(68)59-33(22-28-10-4-3-5-11-28)46(71)60-20-8-13-35(60)44(69)54-27(2)41(66)56-32(16-18-38(63)53-26)42(67)55-30(39(50)64)12-6-7-19-48/h3-5,10-11,24-27,30-36H,6-9,12-23,48H2,1-2H3,(H2,49,62)(H2,50,64)(H,51,52)(H,53,63)(H,54,69)(H,55,67)(H,56,66)(H,57,70)(H,58,65)(H,59,68)/t26-,27-,30-,31-,32-,33-,34-,35-,36-/m0/s1. The quantitative estimate of drug-likeness (QED) is 0.0813. The third kappa shape index (κ3) is 15.8. The van der Waals surface area contributed by atoms with Gasteiger partial charge in [-0.15, -0.1) is 0 Å². The van der Waals surface area contributed by atoms with Gasteiger partial charge in [-0.2, -0.15) is 0 Å². The summed E-state index contributed by atoms with van der Waals surface area (Å²) in [5.74, 6) is -8.51. The summed E-state index contributed by atoms with van der Waals surface area (Å²) in [6.45, 7) is 3.22. The first-order valence-electron chi connectivity index (χ1n) is 24.4. The lowest BCUT2D eigenvalue weighted by Crippen LogP contribution is -2.60. The normalized spacial score (nSPS) is 25.9. The lowest BCUT2D eigenvalue weighted by atomic mass is 10.0. The van der Waals surface area contributed by atoms with Crippen LogP contribution in [0.1, 0.15) is 95.7 Å². The van der Waals surface area contributed by atoms with Gasteiger partial charge in [-0.25, -0.2) is 4.98 Å². The van der Waals surface area contributed by atoms with Crippen molar-refractivity contribution in [3.8, 4) is 0 Å². The zero-order valence-electron chi connectivity index (χ0n) is 40.6. The van der Waals surface area contributed by atoms with Crippen molar-refractivity contribution < 1.29 is 52.7 Å². The number of aromatic amines is 1. The van der Waals surface area contributed by atoms with Gasteiger partial charge in [0.05, 0.1) is 6.33 Å². The molecule has 3 aliphatic rings. The molecule has 9 atom stereocenters. The van der Waals surface area contributed by atoms with Crippen molar-refractivity contribution >= 4 is 65.0 Å². The summed E-state index contributed by atoms with van der Waals surface area (Å²) < 4.78 is 0. The predicted molar refractivity (Wildman–Crippen MR) is 257 cm³/mol. The number of imidazole rings is 1. The minimum Gasteiger partial charge on any atom is -0.370 e. The Morgan fingerprint density at radius 1 is 0.708 bits per heavy atom. The van der Waals surface area contributed by atoms with Crippen molar-refractivity contribution in [1.82, 2.24) is 57.0 Å². The van der Waals surface area contributed by atoms with Gasteiger partial charge in [-0.1, -0.05) is 30.3 Å². The van der Waals surface area contributed by atoms with E-state index in [0.717, 1.165) is 0 Å². The second-order valence-corrected chi connectivity index (χ2v) is 18.4. The van der Waals surface area contributed by atoms with Crippen LogP contribution in [0.15, 0.2) is 42.9 Å². The molecule has 1 aromatic carbocycles. The molecule has 1 aromatic heterocycles. The lowest BCUT2D eigenvalue weighted by molar-refractivity contribution is -0.143. The van der Waals surface area contributed by atoms with E-state index in [2.05, 4.69) is 47.2 Å². The summed E-state index contributed by atoms with van der Waals surface area (Å²) in [7, 11) is 0. The number of amides is 11. The summed E-state index contributed by atoms with van der Waals surface area (Å²) in [6.07, 6.45) is 3.45. The third-order valence-electron chi connectivity index (χ3n) is 12.9. The smallest absolute Gasteiger partial charge is 0.246 e. The molecule has 4 heterocycles. The Morgan fingerprint density at radius 3 is 1.89 bits per heavy atom. The van der Waals surface area contributed by atoms with Gasteiger partial charge in [-0.3, -0.25) is 52.7 Å². The van der Waals surface area contributed by atoms with E-state index in [1.165, 1.54) is 36.2 Å². The Kier molecular flexibility index (Phi) is 20.6. The van der Waals surface area contributed by atoms with Crippen molar-refractivity contribution in [3.05, 3.63) is 54.1 Å². The molecule has 0 spiro atoms. The number of nitrogens with one attached hydrogen (secondary N) is 8. The van der Waals surface area contributed by atoms with E-state index in [0.29, 0.717) is 43.5 Å². The molecule has 0 aliphatic carbocycles. The van der Waals surface area contributed by atoms with Crippen molar-refractivity contribution in [3.63, 3.8) is 0 Å². The maximum Gasteiger partial charge on any atom is 0.246 e. The van der Waals surface area contributed by atoms with Crippen LogP contribution in [0.5, 0.6) is 0 Å². The number of hydrogen-bond acceptors (Lipinski definition) is 13. The summed E-state index contributed by atoms with van der Waals surface area (Å²) in [4.78, 5) is 160. The Labute approximate surface area is 416 Å². The first-order chi connectivity index (χ1) is 34.4. The third-order valence-corrected chi connectivity index (χ3v) is 12.9. The number of carbonyl (C=O) groups excluding carboxylic acids is 11.